The van der Waals surface area contributed by atoms with Crippen LogP contribution in [0.15, 0.2) is 15.9 Å². The zero-order chi connectivity index (χ0) is 7.56. The second kappa shape index (κ2) is 3.51. The van der Waals surface area contributed by atoms with E-state index in [-0.39, 0.29) is 6.10 Å². The molecule has 1 nitrogen and oxygen atoms in total. The number of hydrogen-bond donors (Lipinski definition) is 1. The Balaban J connectivity index is 2.58. The highest BCUT2D eigenvalue weighted by molar-refractivity contribution is 9.10. The topological polar surface area (TPSA) is 20.2 Å². The number of thiophene rings is 1. The molecular weight excluding hydrogens is 212 g/mol. The first-order valence-electron chi connectivity index (χ1n) is 3.09. The fourth-order valence-electron chi connectivity index (χ4n) is 0.752. The maximum atomic E-state index is 9.01. The number of aliphatic hydroxyl groups is 1. The van der Waals surface area contributed by atoms with Gasteiger partial charge in [-0.3, -0.25) is 0 Å². The summed E-state index contributed by atoms with van der Waals surface area (Å²) >= 11 is 5.02. The van der Waals surface area contributed by atoms with E-state index in [0.29, 0.717) is 0 Å². The van der Waals surface area contributed by atoms with Crippen molar-refractivity contribution in [3.05, 3.63) is 20.8 Å². The van der Waals surface area contributed by atoms with E-state index in [1.54, 1.807) is 18.3 Å². The van der Waals surface area contributed by atoms with Gasteiger partial charge in [0.15, 0.2) is 0 Å². The molecule has 0 fully saturated rings. The number of halogens is 1. The molecule has 1 aromatic heterocycles. The van der Waals surface area contributed by atoms with Crippen LogP contribution in [0.4, 0.5) is 0 Å². The Bertz CT molecular complexity index is 207. The molecule has 0 aromatic carbocycles. The zero-order valence-corrected chi connectivity index (χ0v) is 8.08. The van der Waals surface area contributed by atoms with E-state index < -0.39 is 0 Å². The van der Waals surface area contributed by atoms with E-state index in [4.69, 9.17) is 5.11 Å². The van der Waals surface area contributed by atoms with Crippen LogP contribution < -0.4 is 0 Å². The quantitative estimate of drug-likeness (QED) is 0.813. The van der Waals surface area contributed by atoms with E-state index in [2.05, 4.69) is 15.9 Å². The number of hydrogen-bond acceptors (Lipinski definition) is 2. The lowest BCUT2D eigenvalue weighted by molar-refractivity contribution is 0.196. The second-order valence-electron chi connectivity index (χ2n) is 2.28. The van der Waals surface area contributed by atoms with Crippen LogP contribution in [0, 0.1) is 0 Å². The van der Waals surface area contributed by atoms with Crippen LogP contribution in [0.25, 0.3) is 0 Å². The van der Waals surface area contributed by atoms with Crippen molar-refractivity contribution in [1.29, 1.82) is 0 Å². The molecule has 0 radical (unpaired) electrons. The van der Waals surface area contributed by atoms with Crippen molar-refractivity contribution >= 4 is 27.3 Å². The van der Waals surface area contributed by atoms with Gasteiger partial charge < -0.3 is 5.11 Å². The molecule has 3 heteroatoms. The summed E-state index contributed by atoms with van der Waals surface area (Å²) in [5.41, 5.74) is 0. The Morgan fingerprint density at radius 1 is 1.80 bits per heavy atom. The predicted molar refractivity (Wildman–Crippen MR) is 47.4 cm³/mol. The molecule has 0 aliphatic carbocycles. The standard InChI is InChI=1S/C7H9BrOS/c1-5(9)2-7-3-6(8)4-10-7/h3-5,9H,2H2,1H3/t5-/m1/s1. The highest BCUT2D eigenvalue weighted by Gasteiger charge is 2.00. The molecule has 10 heavy (non-hydrogen) atoms. The van der Waals surface area contributed by atoms with Crippen LogP contribution in [-0.4, -0.2) is 11.2 Å². The molecule has 0 saturated carbocycles. The smallest absolute Gasteiger partial charge is 0.0560 e. The van der Waals surface area contributed by atoms with Crippen molar-refractivity contribution in [2.75, 3.05) is 0 Å². The minimum atomic E-state index is -0.231. The molecule has 0 aliphatic heterocycles. The lowest BCUT2D eigenvalue weighted by atomic mass is 10.2. The lowest BCUT2D eigenvalue weighted by Gasteiger charge is -1.98. The molecule has 0 spiro atoms. The minimum Gasteiger partial charge on any atom is -0.393 e. The highest BCUT2D eigenvalue weighted by Crippen LogP contribution is 2.20. The van der Waals surface area contributed by atoms with Crippen LogP contribution in [0.5, 0.6) is 0 Å². The highest BCUT2D eigenvalue weighted by atomic mass is 79.9. The first-order valence-corrected chi connectivity index (χ1v) is 4.76. The van der Waals surface area contributed by atoms with E-state index >= 15 is 0 Å². The Kier molecular flexibility index (Phi) is 2.89. The first-order chi connectivity index (χ1) is 4.68. The van der Waals surface area contributed by atoms with Crippen LogP contribution in [0.3, 0.4) is 0 Å². The summed E-state index contributed by atoms with van der Waals surface area (Å²) in [6.07, 6.45) is 0.529. The molecule has 1 rings (SSSR count). The van der Waals surface area contributed by atoms with Crippen molar-refractivity contribution in [3.63, 3.8) is 0 Å². The predicted octanol–water partition coefficient (Wildman–Crippen LogP) is 2.43. The van der Waals surface area contributed by atoms with Crippen LogP contribution in [0.1, 0.15) is 11.8 Å². The summed E-state index contributed by atoms with van der Waals surface area (Å²) < 4.78 is 1.10. The monoisotopic (exact) mass is 220 g/mol. The summed E-state index contributed by atoms with van der Waals surface area (Å²) in [6.45, 7) is 1.80. The Labute approximate surface area is 72.8 Å². The summed E-state index contributed by atoms with van der Waals surface area (Å²) in [4.78, 5) is 1.22. The summed E-state index contributed by atoms with van der Waals surface area (Å²) in [6, 6.07) is 2.04. The van der Waals surface area contributed by atoms with Gasteiger partial charge in [0.2, 0.25) is 0 Å². The van der Waals surface area contributed by atoms with Gasteiger partial charge in [-0.1, -0.05) is 0 Å². The van der Waals surface area contributed by atoms with E-state index in [1.165, 1.54) is 4.88 Å². The van der Waals surface area contributed by atoms with Gasteiger partial charge in [-0.25, -0.2) is 0 Å². The summed E-state index contributed by atoms with van der Waals surface area (Å²) in [7, 11) is 0. The molecule has 0 saturated heterocycles. The van der Waals surface area contributed by atoms with Gasteiger partial charge >= 0.3 is 0 Å². The van der Waals surface area contributed by atoms with E-state index in [0.717, 1.165) is 10.9 Å². The van der Waals surface area contributed by atoms with Crippen LogP contribution >= 0.6 is 27.3 Å². The molecular formula is C7H9BrOS. The van der Waals surface area contributed by atoms with Crippen molar-refractivity contribution in [1.82, 2.24) is 0 Å². The Hall–Kier alpha value is 0.140. The lowest BCUT2D eigenvalue weighted by Crippen LogP contribution is -2.01. The fourth-order valence-corrected chi connectivity index (χ4v) is 2.32. The molecule has 0 unspecified atom stereocenters. The molecule has 1 aromatic rings. The third-order valence-electron chi connectivity index (χ3n) is 1.12. The Morgan fingerprint density at radius 3 is 2.90 bits per heavy atom. The number of aliphatic hydroxyl groups excluding tert-OH is 1. The largest absolute Gasteiger partial charge is 0.393 e. The Morgan fingerprint density at radius 2 is 2.50 bits per heavy atom. The van der Waals surface area contributed by atoms with Crippen LogP contribution in [0.2, 0.25) is 0 Å². The van der Waals surface area contributed by atoms with Crippen LogP contribution in [-0.2, 0) is 6.42 Å². The van der Waals surface area contributed by atoms with Gasteiger partial charge in [0.1, 0.15) is 0 Å². The molecule has 0 bridgehead atoms. The maximum absolute atomic E-state index is 9.01. The second-order valence-corrected chi connectivity index (χ2v) is 4.20. The SMILES string of the molecule is C[C@@H](O)Cc1cc(Br)cs1. The van der Waals surface area contributed by atoms with Gasteiger partial charge in [-0.05, 0) is 28.9 Å². The van der Waals surface area contributed by atoms with Gasteiger partial charge in [-0.15, -0.1) is 11.3 Å². The maximum Gasteiger partial charge on any atom is 0.0560 e. The normalized spacial score (nSPS) is 13.5. The molecule has 0 aliphatic rings. The van der Waals surface area contributed by atoms with Gasteiger partial charge in [-0.2, -0.15) is 0 Å². The molecule has 1 atom stereocenters. The number of rotatable bonds is 2. The van der Waals surface area contributed by atoms with E-state index in [9.17, 15) is 0 Å². The summed E-state index contributed by atoms with van der Waals surface area (Å²) in [5, 5.41) is 11.0. The third-order valence-corrected chi connectivity index (χ3v) is 2.84. The summed E-state index contributed by atoms with van der Waals surface area (Å²) in [5.74, 6) is 0. The van der Waals surface area contributed by atoms with Crippen molar-refractivity contribution in [2.24, 2.45) is 0 Å². The first kappa shape index (κ1) is 8.24. The molecule has 0 amide bonds. The average Bonchev–Trinajstić information content (AvgIpc) is 2.13. The van der Waals surface area contributed by atoms with Gasteiger partial charge in [0.25, 0.3) is 0 Å². The average molecular weight is 221 g/mol. The molecule has 56 valence electrons. The molecule has 1 N–H and O–H groups in total. The van der Waals surface area contributed by atoms with Crippen molar-refractivity contribution in [3.8, 4) is 0 Å². The van der Waals surface area contributed by atoms with Crippen molar-refractivity contribution < 1.29 is 5.11 Å². The third kappa shape index (κ3) is 2.40. The molecule has 1 heterocycles. The minimum absolute atomic E-state index is 0.231. The van der Waals surface area contributed by atoms with Gasteiger partial charge in [0.05, 0.1) is 6.10 Å². The van der Waals surface area contributed by atoms with Crippen molar-refractivity contribution in [2.45, 2.75) is 19.4 Å². The zero-order valence-electron chi connectivity index (χ0n) is 5.67. The fraction of sp³-hybridized carbons (Fsp3) is 0.429. The van der Waals surface area contributed by atoms with Gasteiger partial charge in [0, 0.05) is 21.2 Å². The van der Waals surface area contributed by atoms with E-state index in [1.807, 2.05) is 11.4 Å².